The lowest BCUT2D eigenvalue weighted by atomic mass is 10.1. The Morgan fingerprint density at radius 3 is 2.71 bits per heavy atom. The normalized spacial score (nSPS) is 17.2. The van der Waals surface area contributed by atoms with Crippen LogP contribution in [0.4, 0.5) is 10.1 Å². The average Bonchev–Trinajstić information content (AvgIpc) is 2.95. The first-order chi connectivity index (χ1) is 11.6. The summed E-state index contributed by atoms with van der Waals surface area (Å²) in [6, 6.07) is 9.64. The first kappa shape index (κ1) is 16.9. The van der Waals surface area contributed by atoms with E-state index in [9.17, 15) is 9.18 Å². The fourth-order valence-electron chi connectivity index (χ4n) is 2.63. The van der Waals surface area contributed by atoms with Gasteiger partial charge in [-0.25, -0.2) is 4.39 Å². The molecule has 1 unspecified atom stereocenters. The summed E-state index contributed by atoms with van der Waals surface area (Å²) in [5.41, 5.74) is 0.852. The molecule has 1 aliphatic rings. The Bertz CT molecular complexity index is 766. The van der Waals surface area contributed by atoms with Gasteiger partial charge in [0.25, 0.3) is 0 Å². The van der Waals surface area contributed by atoms with E-state index in [4.69, 9.17) is 21.1 Å². The Labute approximate surface area is 148 Å². The number of halogens is 2. The molecular weight excluding hydrogens is 353 g/mol. The minimum absolute atomic E-state index is 0.132. The fraction of sp³-hybridized carbons (Fsp3) is 0.235. The van der Waals surface area contributed by atoms with Gasteiger partial charge in [-0.1, -0.05) is 17.7 Å². The Kier molecular flexibility index (Phi) is 4.87. The molecule has 1 atom stereocenters. The third-order valence-corrected chi connectivity index (χ3v) is 5.27. The van der Waals surface area contributed by atoms with Crippen LogP contribution in [0.1, 0.15) is 10.9 Å². The molecule has 0 aromatic heterocycles. The number of hydrogen-bond donors (Lipinski definition) is 0. The van der Waals surface area contributed by atoms with Crippen LogP contribution in [0.25, 0.3) is 0 Å². The summed E-state index contributed by atoms with van der Waals surface area (Å²) in [4.78, 5) is 14.0. The molecule has 0 bridgehead atoms. The number of carbonyl (C=O) groups is 1. The van der Waals surface area contributed by atoms with Gasteiger partial charge in [-0.3, -0.25) is 9.69 Å². The number of anilines is 1. The lowest BCUT2D eigenvalue weighted by Crippen LogP contribution is -2.28. The summed E-state index contributed by atoms with van der Waals surface area (Å²) in [6.07, 6.45) is 0. The van der Waals surface area contributed by atoms with Crippen LogP contribution in [0, 0.1) is 5.82 Å². The fourth-order valence-corrected chi connectivity index (χ4v) is 4.19. The maximum Gasteiger partial charge on any atom is 0.238 e. The number of ether oxygens (including phenoxy) is 2. The molecule has 0 aliphatic carbocycles. The Morgan fingerprint density at radius 2 is 2.04 bits per heavy atom. The number of hydrogen-bond acceptors (Lipinski definition) is 4. The van der Waals surface area contributed by atoms with Gasteiger partial charge in [0.05, 0.1) is 25.7 Å². The molecule has 2 aromatic rings. The molecule has 1 heterocycles. The number of carbonyl (C=O) groups excluding carboxylic acids is 1. The van der Waals surface area contributed by atoms with Crippen molar-refractivity contribution in [2.24, 2.45) is 0 Å². The highest BCUT2D eigenvalue weighted by molar-refractivity contribution is 8.00. The van der Waals surface area contributed by atoms with E-state index in [1.807, 2.05) is 0 Å². The van der Waals surface area contributed by atoms with E-state index in [0.29, 0.717) is 27.8 Å². The monoisotopic (exact) mass is 367 g/mol. The van der Waals surface area contributed by atoms with E-state index in [2.05, 4.69) is 0 Å². The van der Waals surface area contributed by atoms with Gasteiger partial charge >= 0.3 is 0 Å². The Hall–Kier alpha value is -1.92. The predicted octanol–water partition coefficient (Wildman–Crippen LogP) is 4.27. The van der Waals surface area contributed by atoms with Gasteiger partial charge in [-0.15, -0.1) is 11.8 Å². The van der Waals surface area contributed by atoms with Crippen molar-refractivity contribution in [2.75, 3.05) is 24.9 Å². The molecule has 126 valence electrons. The quantitative estimate of drug-likeness (QED) is 0.808. The van der Waals surface area contributed by atoms with Crippen molar-refractivity contribution in [2.45, 2.75) is 5.37 Å². The van der Waals surface area contributed by atoms with Crippen molar-refractivity contribution in [1.29, 1.82) is 0 Å². The highest BCUT2D eigenvalue weighted by Crippen LogP contribution is 2.47. The van der Waals surface area contributed by atoms with Gasteiger partial charge < -0.3 is 9.47 Å². The minimum atomic E-state index is -0.548. The van der Waals surface area contributed by atoms with Crippen LogP contribution in [0.15, 0.2) is 36.4 Å². The molecule has 0 radical (unpaired) electrons. The molecule has 4 nitrogen and oxygen atoms in total. The molecule has 0 saturated carbocycles. The van der Waals surface area contributed by atoms with Crippen molar-refractivity contribution in [1.82, 2.24) is 0 Å². The molecule has 24 heavy (non-hydrogen) atoms. The summed E-state index contributed by atoms with van der Waals surface area (Å²) in [5.74, 6) is 0.753. The van der Waals surface area contributed by atoms with Crippen molar-refractivity contribution >= 4 is 35.0 Å². The highest BCUT2D eigenvalue weighted by Gasteiger charge is 2.38. The van der Waals surface area contributed by atoms with Crippen LogP contribution in [0.2, 0.25) is 5.02 Å². The van der Waals surface area contributed by atoms with Crippen LogP contribution >= 0.6 is 23.4 Å². The standard InChI is InChI=1S/C17H15ClFNO3S/c1-22-10-6-7-13(14(8-10)23-2)20-15(21)9-24-17(20)16-11(18)4-3-5-12(16)19/h3-8,17H,9H2,1-2H3. The third kappa shape index (κ3) is 2.91. The maximum absolute atomic E-state index is 14.3. The molecule has 1 amide bonds. The number of rotatable bonds is 4. The minimum Gasteiger partial charge on any atom is -0.497 e. The Morgan fingerprint density at radius 1 is 1.25 bits per heavy atom. The van der Waals surface area contributed by atoms with E-state index in [0.717, 1.165) is 0 Å². The topological polar surface area (TPSA) is 38.8 Å². The third-order valence-electron chi connectivity index (χ3n) is 3.76. The lowest BCUT2D eigenvalue weighted by molar-refractivity contribution is -0.115. The zero-order valence-electron chi connectivity index (χ0n) is 13.1. The van der Waals surface area contributed by atoms with Crippen LogP contribution in [0.3, 0.4) is 0 Å². The molecule has 3 rings (SSSR count). The molecule has 1 aliphatic heterocycles. The van der Waals surface area contributed by atoms with Gasteiger partial charge in [0.2, 0.25) is 5.91 Å². The van der Waals surface area contributed by atoms with Gasteiger partial charge in [-0.2, -0.15) is 0 Å². The smallest absolute Gasteiger partial charge is 0.238 e. The first-order valence-corrected chi connectivity index (χ1v) is 8.59. The zero-order valence-corrected chi connectivity index (χ0v) is 14.7. The molecule has 1 fully saturated rings. The number of benzene rings is 2. The molecule has 7 heteroatoms. The van der Waals surface area contributed by atoms with Crippen molar-refractivity contribution in [3.05, 3.63) is 52.8 Å². The van der Waals surface area contributed by atoms with E-state index < -0.39 is 11.2 Å². The van der Waals surface area contributed by atoms with Gasteiger partial charge in [0, 0.05) is 16.7 Å². The van der Waals surface area contributed by atoms with Crippen molar-refractivity contribution in [3.63, 3.8) is 0 Å². The summed E-state index contributed by atoms with van der Waals surface area (Å²) < 4.78 is 24.9. The van der Waals surface area contributed by atoms with E-state index in [-0.39, 0.29) is 11.7 Å². The molecule has 2 aromatic carbocycles. The summed E-state index contributed by atoms with van der Waals surface area (Å²) in [5, 5.41) is -0.256. The Balaban J connectivity index is 2.10. The average molecular weight is 368 g/mol. The largest absolute Gasteiger partial charge is 0.497 e. The second-order valence-electron chi connectivity index (χ2n) is 5.10. The van der Waals surface area contributed by atoms with Crippen LogP contribution in [-0.2, 0) is 4.79 Å². The zero-order chi connectivity index (χ0) is 17.3. The van der Waals surface area contributed by atoms with Crippen LogP contribution in [-0.4, -0.2) is 25.9 Å². The van der Waals surface area contributed by atoms with E-state index in [1.165, 1.54) is 29.8 Å². The SMILES string of the molecule is COc1ccc(N2C(=O)CSC2c2c(F)cccc2Cl)c(OC)c1. The second-order valence-corrected chi connectivity index (χ2v) is 6.58. The van der Waals surface area contributed by atoms with Crippen LogP contribution in [0.5, 0.6) is 11.5 Å². The summed E-state index contributed by atoms with van der Waals surface area (Å²) in [6.45, 7) is 0. The first-order valence-electron chi connectivity index (χ1n) is 7.16. The maximum atomic E-state index is 14.3. The highest BCUT2D eigenvalue weighted by atomic mass is 35.5. The van der Waals surface area contributed by atoms with E-state index >= 15 is 0 Å². The van der Waals surface area contributed by atoms with Crippen molar-refractivity contribution in [3.8, 4) is 11.5 Å². The lowest BCUT2D eigenvalue weighted by Gasteiger charge is -2.27. The second kappa shape index (κ2) is 6.91. The number of thioether (sulfide) groups is 1. The molecule has 1 saturated heterocycles. The predicted molar refractivity (Wildman–Crippen MR) is 93.6 cm³/mol. The molecular formula is C17H15ClFNO3S. The van der Waals surface area contributed by atoms with Gasteiger partial charge in [0.15, 0.2) is 0 Å². The van der Waals surface area contributed by atoms with Gasteiger partial charge in [0.1, 0.15) is 22.7 Å². The molecule has 0 spiro atoms. The number of methoxy groups -OCH3 is 2. The van der Waals surface area contributed by atoms with E-state index in [1.54, 1.807) is 37.4 Å². The van der Waals surface area contributed by atoms with Gasteiger partial charge in [-0.05, 0) is 24.3 Å². The summed E-state index contributed by atoms with van der Waals surface area (Å²) >= 11 is 7.52. The molecule has 0 N–H and O–H groups in total. The van der Waals surface area contributed by atoms with Crippen LogP contribution < -0.4 is 14.4 Å². The summed E-state index contributed by atoms with van der Waals surface area (Å²) in [7, 11) is 3.06. The number of amides is 1. The van der Waals surface area contributed by atoms with Crippen molar-refractivity contribution < 1.29 is 18.7 Å². The number of nitrogens with zero attached hydrogens (tertiary/aromatic N) is 1.